The van der Waals surface area contributed by atoms with Gasteiger partial charge in [0.15, 0.2) is 11.5 Å². The number of carbonyl (C=O) groups is 2. The zero-order valence-electron chi connectivity index (χ0n) is 13.4. The molecule has 0 aliphatic carbocycles. The van der Waals surface area contributed by atoms with Crippen molar-refractivity contribution >= 4 is 17.5 Å². The third-order valence-electron chi connectivity index (χ3n) is 3.13. The molecule has 0 bridgehead atoms. The zero-order valence-corrected chi connectivity index (χ0v) is 13.4. The predicted octanol–water partition coefficient (Wildman–Crippen LogP) is 2.00. The first-order valence-corrected chi connectivity index (χ1v) is 6.55. The van der Waals surface area contributed by atoms with Gasteiger partial charge in [0.25, 0.3) is 0 Å². The smallest absolute Gasteiger partial charge is 0.330 e. The molecule has 0 saturated carbocycles. The Morgan fingerprint density at radius 2 is 1.59 bits per heavy atom. The van der Waals surface area contributed by atoms with E-state index in [0.29, 0.717) is 28.2 Å². The van der Waals surface area contributed by atoms with Crippen molar-refractivity contribution in [2.75, 3.05) is 28.4 Å². The van der Waals surface area contributed by atoms with Crippen molar-refractivity contribution in [3.8, 4) is 11.5 Å². The quantitative estimate of drug-likeness (QED) is 0.591. The van der Waals surface area contributed by atoms with Gasteiger partial charge in [-0.25, -0.2) is 4.79 Å². The van der Waals surface area contributed by atoms with Gasteiger partial charge in [0, 0.05) is 6.08 Å². The second-order valence-electron chi connectivity index (χ2n) is 4.47. The van der Waals surface area contributed by atoms with Crippen LogP contribution in [0.5, 0.6) is 11.5 Å². The summed E-state index contributed by atoms with van der Waals surface area (Å²) in [6, 6.07) is 3.41. The lowest BCUT2D eigenvalue weighted by molar-refractivity contribution is -0.139. The molecule has 0 heterocycles. The number of hydrogen-bond donors (Lipinski definition) is 0. The van der Waals surface area contributed by atoms with Crippen molar-refractivity contribution in [3.05, 3.63) is 29.3 Å². The van der Waals surface area contributed by atoms with Crippen LogP contribution in [-0.2, 0) is 25.5 Å². The molecule has 1 aromatic rings. The fourth-order valence-corrected chi connectivity index (χ4v) is 1.98. The van der Waals surface area contributed by atoms with E-state index in [-0.39, 0.29) is 12.4 Å². The summed E-state index contributed by atoms with van der Waals surface area (Å²) in [7, 11) is 5.65. The van der Waals surface area contributed by atoms with E-state index in [1.807, 2.05) is 0 Å². The zero-order chi connectivity index (χ0) is 16.7. The highest BCUT2D eigenvalue weighted by atomic mass is 16.5. The fraction of sp³-hybridized carbons (Fsp3) is 0.375. The lowest BCUT2D eigenvalue weighted by atomic mass is 9.97. The molecule has 0 aromatic heterocycles. The van der Waals surface area contributed by atoms with Gasteiger partial charge >= 0.3 is 11.9 Å². The number of ether oxygens (including phenoxy) is 4. The number of methoxy groups -OCH3 is 4. The Balaban J connectivity index is 3.40. The van der Waals surface area contributed by atoms with E-state index in [4.69, 9.17) is 14.2 Å². The Bertz CT molecular complexity index is 589. The summed E-state index contributed by atoms with van der Waals surface area (Å²) in [4.78, 5) is 23.0. The molecule has 1 rings (SSSR count). The van der Waals surface area contributed by atoms with Crippen molar-refractivity contribution in [1.82, 2.24) is 0 Å². The van der Waals surface area contributed by atoms with Crippen LogP contribution < -0.4 is 9.47 Å². The van der Waals surface area contributed by atoms with E-state index in [1.54, 1.807) is 19.1 Å². The maximum atomic E-state index is 11.6. The molecule has 0 radical (unpaired) electrons. The van der Waals surface area contributed by atoms with E-state index in [9.17, 15) is 9.59 Å². The van der Waals surface area contributed by atoms with Crippen LogP contribution in [0.25, 0.3) is 5.57 Å². The Morgan fingerprint density at radius 1 is 1.00 bits per heavy atom. The third kappa shape index (κ3) is 4.25. The molecule has 0 amide bonds. The molecule has 0 fully saturated rings. The van der Waals surface area contributed by atoms with Crippen molar-refractivity contribution < 1.29 is 28.5 Å². The van der Waals surface area contributed by atoms with Gasteiger partial charge in [-0.1, -0.05) is 0 Å². The first-order chi connectivity index (χ1) is 10.5. The minimum atomic E-state index is -0.476. The fourth-order valence-electron chi connectivity index (χ4n) is 1.98. The van der Waals surface area contributed by atoms with Crippen molar-refractivity contribution in [2.45, 2.75) is 13.3 Å². The van der Waals surface area contributed by atoms with E-state index < -0.39 is 5.97 Å². The molecule has 0 aliphatic heterocycles. The first kappa shape index (κ1) is 17.6. The van der Waals surface area contributed by atoms with E-state index in [2.05, 4.69) is 4.74 Å². The Morgan fingerprint density at radius 3 is 2.09 bits per heavy atom. The minimum Gasteiger partial charge on any atom is -0.493 e. The van der Waals surface area contributed by atoms with E-state index in [0.717, 1.165) is 0 Å². The van der Waals surface area contributed by atoms with Gasteiger partial charge in [0.1, 0.15) is 0 Å². The normalized spacial score (nSPS) is 10.9. The predicted molar refractivity (Wildman–Crippen MR) is 80.9 cm³/mol. The highest BCUT2D eigenvalue weighted by Crippen LogP contribution is 2.34. The summed E-state index contributed by atoms with van der Waals surface area (Å²) in [5.41, 5.74) is 2.00. The number of benzene rings is 1. The summed E-state index contributed by atoms with van der Waals surface area (Å²) < 4.78 is 19.8. The topological polar surface area (TPSA) is 71.1 Å². The van der Waals surface area contributed by atoms with Crippen LogP contribution in [0.3, 0.4) is 0 Å². The Hall–Kier alpha value is -2.50. The Labute approximate surface area is 129 Å². The summed E-state index contributed by atoms with van der Waals surface area (Å²) in [5.74, 6) is 0.135. The summed E-state index contributed by atoms with van der Waals surface area (Å²) in [6.07, 6.45) is 1.40. The van der Waals surface area contributed by atoms with Gasteiger partial charge in [-0.2, -0.15) is 0 Å². The second-order valence-corrected chi connectivity index (χ2v) is 4.47. The van der Waals surface area contributed by atoms with Crippen LogP contribution in [0.4, 0.5) is 0 Å². The first-order valence-electron chi connectivity index (χ1n) is 6.55. The Kier molecular flexibility index (Phi) is 6.44. The van der Waals surface area contributed by atoms with Crippen LogP contribution in [0.15, 0.2) is 18.2 Å². The molecule has 6 heteroatoms. The van der Waals surface area contributed by atoms with Crippen LogP contribution in [0.1, 0.15) is 18.1 Å². The second kappa shape index (κ2) is 8.07. The molecule has 0 spiro atoms. The van der Waals surface area contributed by atoms with Gasteiger partial charge in [-0.3, -0.25) is 4.79 Å². The summed E-state index contributed by atoms with van der Waals surface area (Å²) in [6.45, 7) is 1.75. The molecule has 0 atom stereocenters. The van der Waals surface area contributed by atoms with Gasteiger partial charge in [0.05, 0.1) is 34.9 Å². The largest absolute Gasteiger partial charge is 0.493 e. The number of allylic oxidation sites excluding steroid dienone is 1. The third-order valence-corrected chi connectivity index (χ3v) is 3.13. The van der Waals surface area contributed by atoms with Crippen molar-refractivity contribution in [2.24, 2.45) is 0 Å². The molecule has 6 nitrogen and oxygen atoms in total. The lowest BCUT2D eigenvalue weighted by Crippen LogP contribution is -2.08. The molecular weight excluding hydrogens is 288 g/mol. The monoisotopic (exact) mass is 308 g/mol. The molecular formula is C16H20O6. The molecule has 0 N–H and O–H groups in total. The number of rotatable bonds is 6. The molecule has 0 saturated heterocycles. The minimum absolute atomic E-state index is 0.0541. The maximum absolute atomic E-state index is 11.6. The van der Waals surface area contributed by atoms with Gasteiger partial charge in [-0.15, -0.1) is 0 Å². The lowest BCUT2D eigenvalue weighted by Gasteiger charge is -2.15. The van der Waals surface area contributed by atoms with E-state index >= 15 is 0 Å². The molecule has 1 aromatic carbocycles. The van der Waals surface area contributed by atoms with Gasteiger partial charge < -0.3 is 18.9 Å². The average Bonchev–Trinajstić information content (AvgIpc) is 2.53. The average molecular weight is 308 g/mol. The molecule has 0 unspecified atom stereocenters. The highest BCUT2D eigenvalue weighted by molar-refractivity contribution is 5.92. The molecule has 120 valence electrons. The van der Waals surface area contributed by atoms with Gasteiger partial charge in [0.2, 0.25) is 0 Å². The number of hydrogen-bond acceptors (Lipinski definition) is 6. The molecule has 0 aliphatic rings. The van der Waals surface area contributed by atoms with Crippen LogP contribution >= 0.6 is 0 Å². The number of carbonyl (C=O) groups excluding carboxylic acids is 2. The van der Waals surface area contributed by atoms with Crippen LogP contribution in [0.2, 0.25) is 0 Å². The summed E-state index contributed by atoms with van der Waals surface area (Å²) >= 11 is 0. The molecule has 22 heavy (non-hydrogen) atoms. The van der Waals surface area contributed by atoms with Gasteiger partial charge in [-0.05, 0) is 35.8 Å². The van der Waals surface area contributed by atoms with Crippen molar-refractivity contribution in [1.29, 1.82) is 0 Å². The van der Waals surface area contributed by atoms with Crippen LogP contribution in [-0.4, -0.2) is 40.4 Å². The van der Waals surface area contributed by atoms with Crippen molar-refractivity contribution in [3.63, 3.8) is 0 Å². The van der Waals surface area contributed by atoms with Crippen LogP contribution in [0, 0.1) is 0 Å². The summed E-state index contributed by atoms with van der Waals surface area (Å²) in [5, 5.41) is 0. The van der Waals surface area contributed by atoms with E-state index in [1.165, 1.54) is 34.5 Å². The highest BCUT2D eigenvalue weighted by Gasteiger charge is 2.16. The SMILES string of the molecule is COC(=O)/C=C(\C)c1cc(OC)c(OC)cc1CC(=O)OC. The maximum Gasteiger partial charge on any atom is 0.330 e. The standard InChI is InChI=1S/C16H20O6/c1-10(6-15(17)21-4)12-9-14(20-3)13(19-2)7-11(12)8-16(18)22-5/h6-7,9H,8H2,1-5H3/b10-6+. The number of esters is 2.